The van der Waals surface area contributed by atoms with Gasteiger partial charge in [0.25, 0.3) is 0 Å². The second-order valence-electron chi connectivity index (χ2n) is 3.63. The molecule has 1 rings (SSSR count). The van der Waals surface area contributed by atoms with Gasteiger partial charge in [0.15, 0.2) is 0 Å². The quantitative estimate of drug-likeness (QED) is 0.809. The smallest absolute Gasteiger partial charge is 0.204 e. The molecule has 0 saturated carbocycles. The number of benzene rings is 1. The van der Waals surface area contributed by atoms with E-state index in [1.165, 1.54) is 13.2 Å². The molecule has 5 heteroatoms. The predicted octanol–water partition coefficient (Wildman–Crippen LogP) is 2.85. The van der Waals surface area contributed by atoms with Crippen molar-refractivity contribution in [3.05, 3.63) is 23.8 Å². The van der Waals surface area contributed by atoms with Crippen LogP contribution in [-0.4, -0.2) is 25.5 Å². The number of hydrogen-bond acceptors (Lipinski definition) is 4. The number of phenols is 1. The average molecular weight is 244 g/mol. The maximum Gasteiger partial charge on any atom is 0.204 e. The maximum absolute atomic E-state index is 11.9. The van der Waals surface area contributed by atoms with Gasteiger partial charge in [0.05, 0.1) is 13.7 Å². The third-order valence-electron chi connectivity index (χ3n) is 2.06. The van der Waals surface area contributed by atoms with Gasteiger partial charge in [0.1, 0.15) is 11.5 Å². The fraction of sp³-hybridized carbons (Fsp3) is 0.455. The third-order valence-corrected chi connectivity index (χ3v) is 3.80. The fourth-order valence-corrected chi connectivity index (χ4v) is 2.99. The molecule has 0 amide bonds. The summed E-state index contributed by atoms with van der Waals surface area (Å²) in [6.45, 7) is 3.82. The molecule has 1 aromatic rings. The molecule has 4 nitrogen and oxygen atoms in total. The second kappa shape index (κ2) is 5.37. The van der Waals surface area contributed by atoms with Crippen LogP contribution in [0.25, 0.3) is 0 Å². The van der Waals surface area contributed by atoms with Crippen molar-refractivity contribution in [1.82, 2.24) is 0 Å². The monoisotopic (exact) mass is 244 g/mol. The van der Waals surface area contributed by atoms with Crippen molar-refractivity contribution in [1.29, 1.82) is 0 Å². The molecule has 90 valence electrons. The van der Waals surface area contributed by atoms with Crippen LogP contribution in [0.3, 0.4) is 0 Å². The van der Waals surface area contributed by atoms with Crippen molar-refractivity contribution in [3.8, 4) is 11.5 Å². The van der Waals surface area contributed by atoms with Crippen LogP contribution in [-0.2, 0) is 15.3 Å². The topological polar surface area (TPSA) is 55.8 Å². The number of rotatable bonds is 5. The van der Waals surface area contributed by atoms with E-state index in [-0.39, 0.29) is 5.75 Å². The van der Waals surface area contributed by atoms with Crippen LogP contribution in [0.2, 0.25) is 0 Å². The Kier molecular flexibility index (Phi) is 4.39. The lowest BCUT2D eigenvalue weighted by Crippen LogP contribution is -1.93. The number of hydrogen-bond donors (Lipinski definition) is 1. The first-order valence-corrected chi connectivity index (χ1v) is 7.30. The van der Waals surface area contributed by atoms with Crippen LogP contribution in [0.5, 0.6) is 11.5 Å². The molecule has 0 fully saturated rings. The van der Waals surface area contributed by atoms with Gasteiger partial charge in [0.2, 0.25) is 7.37 Å². The molecule has 0 aliphatic carbocycles. The molecular weight excluding hydrogens is 227 g/mol. The summed E-state index contributed by atoms with van der Waals surface area (Å²) in [6.07, 6.45) is 0.297. The van der Waals surface area contributed by atoms with E-state index in [4.69, 9.17) is 9.26 Å². The molecule has 1 atom stereocenters. The Labute approximate surface area is 95.7 Å². The van der Waals surface area contributed by atoms with Gasteiger partial charge in [-0.05, 0) is 24.6 Å². The minimum Gasteiger partial charge on any atom is -0.508 e. The molecule has 1 N–H and O–H groups in total. The van der Waals surface area contributed by atoms with E-state index in [2.05, 4.69) is 0 Å². The summed E-state index contributed by atoms with van der Waals surface area (Å²) in [7, 11) is -1.11. The van der Waals surface area contributed by atoms with Crippen LogP contribution in [0.15, 0.2) is 18.2 Å². The van der Waals surface area contributed by atoms with Crippen LogP contribution < -0.4 is 4.74 Å². The molecule has 0 saturated heterocycles. The van der Waals surface area contributed by atoms with Crippen molar-refractivity contribution in [2.75, 3.05) is 20.4 Å². The molecule has 1 unspecified atom stereocenters. The highest BCUT2D eigenvalue weighted by atomic mass is 31.2. The zero-order chi connectivity index (χ0) is 12.2. The van der Waals surface area contributed by atoms with E-state index in [0.29, 0.717) is 18.5 Å². The molecule has 0 aliphatic rings. The summed E-state index contributed by atoms with van der Waals surface area (Å²) in [5.74, 6) is 0.650. The summed E-state index contributed by atoms with van der Waals surface area (Å²) < 4.78 is 22.1. The Morgan fingerprint density at radius 2 is 2.06 bits per heavy atom. The van der Waals surface area contributed by atoms with Crippen LogP contribution >= 0.6 is 7.37 Å². The van der Waals surface area contributed by atoms with E-state index in [1.807, 2.05) is 0 Å². The van der Waals surface area contributed by atoms with Crippen molar-refractivity contribution < 1.29 is 18.9 Å². The van der Waals surface area contributed by atoms with Crippen molar-refractivity contribution >= 4 is 7.37 Å². The van der Waals surface area contributed by atoms with Gasteiger partial charge >= 0.3 is 0 Å². The van der Waals surface area contributed by atoms with Gasteiger partial charge < -0.3 is 14.4 Å². The first-order valence-electron chi connectivity index (χ1n) is 5.05. The summed E-state index contributed by atoms with van der Waals surface area (Å²) in [5.41, 5.74) is 0.746. The Morgan fingerprint density at radius 3 is 2.62 bits per heavy atom. The van der Waals surface area contributed by atoms with E-state index >= 15 is 0 Å². The van der Waals surface area contributed by atoms with Gasteiger partial charge in [-0.3, -0.25) is 4.57 Å². The molecule has 1 aromatic carbocycles. The van der Waals surface area contributed by atoms with E-state index in [0.717, 1.165) is 5.56 Å². The first-order chi connectivity index (χ1) is 7.46. The first kappa shape index (κ1) is 13.1. The van der Waals surface area contributed by atoms with Gasteiger partial charge in [-0.2, -0.15) is 0 Å². The number of methoxy groups -OCH3 is 1. The Morgan fingerprint density at radius 1 is 1.38 bits per heavy atom. The standard InChI is InChI=1S/C11H17O4P/c1-4-15-16(3,13)8-9-5-10(12)7-11(6-9)14-2/h5-7,12H,4,8H2,1-3H3. The molecule has 0 aromatic heterocycles. The zero-order valence-electron chi connectivity index (χ0n) is 9.77. The lowest BCUT2D eigenvalue weighted by atomic mass is 10.2. The van der Waals surface area contributed by atoms with Gasteiger partial charge in [-0.25, -0.2) is 0 Å². The fourth-order valence-electron chi connectivity index (χ4n) is 1.50. The van der Waals surface area contributed by atoms with Gasteiger partial charge in [-0.1, -0.05) is 0 Å². The highest BCUT2D eigenvalue weighted by Gasteiger charge is 2.16. The Bertz CT molecular complexity index is 403. The van der Waals surface area contributed by atoms with Crippen molar-refractivity contribution in [3.63, 3.8) is 0 Å². The Balaban J connectivity index is 2.88. The van der Waals surface area contributed by atoms with E-state index in [9.17, 15) is 9.67 Å². The molecule has 0 radical (unpaired) electrons. The summed E-state index contributed by atoms with van der Waals surface area (Å²) in [4.78, 5) is 0. The van der Waals surface area contributed by atoms with E-state index < -0.39 is 7.37 Å². The minimum absolute atomic E-state index is 0.103. The maximum atomic E-state index is 11.9. The highest BCUT2D eigenvalue weighted by Crippen LogP contribution is 2.46. The molecular formula is C11H17O4P. The molecule has 0 bridgehead atoms. The lowest BCUT2D eigenvalue weighted by Gasteiger charge is -2.13. The number of aromatic hydroxyl groups is 1. The number of phenolic OH excluding ortho intramolecular Hbond substituents is 1. The van der Waals surface area contributed by atoms with Crippen LogP contribution in [0.1, 0.15) is 12.5 Å². The van der Waals surface area contributed by atoms with E-state index in [1.54, 1.807) is 25.7 Å². The van der Waals surface area contributed by atoms with Crippen LogP contribution in [0, 0.1) is 0 Å². The summed E-state index contributed by atoms with van der Waals surface area (Å²) in [5, 5.41) is 9.44. The molecule has 0 spiro atoms. The van der Waals surface area contributed by atoms with Crippen molar-refractivity contribution in [2.45, 2.75) is 13.1 Å². The molecule has 0 aliphatic heterocycles. The third kappa shape index (κ3) is 3.87. The zero-order valence-corrected chi connectivity index (χ0v) is 10.7. The average Bonchev–Trinajstić information content (AvgIpc) is 2.15. The lowest BCUT2D eigenvalue weighted by molar-refractivity contribution is 0.336. The predicted molar refractivity (Wildman–Crippen MR) is 63.5 cm³/mol. The summed E-state index contributed by atoms with van der Waals surface area (Å²) >= 11 is 0. The molecule has 0 heterocycles. The minimum atomic E-state index is -2.63. The SMILES string of the molecule is CCOP(C)(=O)Cc1cc(O)cc(OC)c1. The normalized spacial score (nSPS) is 14.4. The molecule has 16 heavy (non-hydrogen) atoms. The number of ether oxygens (including phenoxy) is 1. The highest BCUT2D eigenvalue weighted by molar-refractivity contribution is 7.57. The van der Waals surface area contributed by atoms with Gasteiger partial charge in [-0.15, -0.1) is 0 Å². The largest absolute Gasteiger partial charge is 0.508 e. The van der Waals surface area contributed by atoms with Crippen LogP contribution in [0.4, 0.5) is 0 Å². The second-order valence-corrected chi connectivity index (χ2v) is 6.23. The van der Waals surface area contributed by atoms with Crippen molar-refractivity contribution in [2.24, 2.45) is 0 Å². The Hall–Kier alpha value is -0.990. The summed E-state index contributed by atoms with van der Waals surface area (Å²) in [6, 6.07) is 4.82. The van der Waals surface area contributed by atoms with Gasteiger partial charge in [0, 0.05) is 18.9 Å².